The first-order chi connectivity index (χ1) is 5.68. The van der Waals surface area contributed by atoms with Gasteiger partial charge in [0.05, 0.1) is 5.39 Å². The highest BCUT2D eigenvalue weighted by molar-refractivity contribution is 5.86. The van der Waals surface area contributed by atoms with Crippen molar-refractivity contribution in [3.05, 3.63) is 18.1 Å². The number of nitrogen functional groups attached to an aromatic ring is 1. The van der Waals surface area contributed by atoms with E-state index in [0.29, 0.717) is 11.6 Å². The normalized spacial score (nSPS) is 10.8. The topological polar surface area (TPSA) is 56.7 Å². The number of nitrogens with two attached hydrogens (primary N) is 1. The molecule has 0 fully saturated rings. The molecule has 0 aliphatic rings. The zero-order valence-electron chi connectivity index (χ0n) is 7.07. The van der Waals surface area contributed by atoms with Crippen molar-refractivity contribution in [1.29, 1.82) is 0 Å². The second-order valence-electron chi connectivity index (χ2n) is 2.82. The highest BCUT2D eigenvalue weighted by Gasteiger charge is 2.04. The molecule has 4 heteroatoms. The second kappa shape index (κ2) is 2.20. The summed E-state index contributed by atoms with van der Waals surface area (Å²) in [4.78, 5) is 8.34. The van der Waals surface area contributed by atoms with E-state index in [1.807, 2.05) is 30.8 Å². The molecule has 0 spiro atoms. The van der Waals surface area contributed by atoms with Gasteiger partial charge >= 0.3 is 0 Å². The van der Waals surface area contributed by atoms with E-state index >= 15 is 0 Å². The highest BCUT2D eigenvalue weighted by Crippen LogP contribution is 2.17. The summed E-state index contributed by atoms with van der Waals surface area (Å²) in [5.74, 6) is 1.26. The predicted octanol–water partition coefficient (Wildman–Crippen LogP) is 0.859. The molecule has 62 valence electrons. The molecule has 0 amide bonds. The van der Waals surface area contributed by atoms with Crippen LogP contribution in [-0.4, -0.2) is 14.5 Å². The van der Waals surface area contributed by atoms with Crippen LogP contribution >= 0.6 is 0 Å². The fourth-order valence-electron chi connectivity index (χ4n) is 1.27. The zero-order chi connectivity index (χ0) is 8.72. The fourth-order valence-corrected chi connectivity index (χ4v) is 1.27. The van der Waals surface area contributed by atoms with Gasteiger partial charge in [0, 0.05) is 13.2 Å². The van der Waals surface area contributed by atoms with Crippen LogP contribution in [0.1, 0.15) is 5.82 Å². The average Bonchev–Trinajstić information content (AvgIpc) is 2.33. The molecule has 0 radical (unpaired) electrons. The van der Waals surface area contributed by atoms with Gasteiger partial charge in [0.1, 0.15) is 17.3 Å². The summed E-state index contributed by atoms with van der Waals surface area (Å²) in [6.45, 7) is 1.84. The lowest BCUT2D eigenvalue weighted by Gasteiger charge is -1.98. The summed E-state index contributed by atoms with van der Waals surface area (Å²) in [6.07, 6.45) is 1.93. The van der Waals surface area contributed by atoms with Crippen molar-refractivity contribution in [2.24, 2.45) is 7.05 Å². The van der Waals surface area contributed by atoms with E-state index in [2.05, 4.69) is 9.97 Å². The molecule has 2 rings (SSSR count). The Morgan fingerprint density at radius 2 is 2.17 bits per heavy atom. The van der Waals surface area contributed by atoms with Crippen molar-refractivity contribution in [3.63, 3.8) is 0 Å². The predicted molar refractivity (Wildman–Crippen MR) is 47.7 cm³/mol. The lowest BCUT2D eigenvalue weighted by molar-refractivity contribution is 0.933. The molecular formula is C8H10N4. The van der Waals surface area contributed by atoms with E-state index in [4.69, 9.17) is 5.73 Å². The maximum absolute atomic E-state index is 5.71. The summed E-state index contributed by atoms with van der Waals surface area (Å²) >= 11 is 0. The minimum atomic E-state index is 0.554. The van der Waals surface area contributed by atoms with Gasteiger partial charge in [-0.2, -0.15) is 0 Å². The molecule has 12 heavy (non-hydrogen) atoms. The Labute approximate surface area is 70.0 Å². The third-order valence-electron chi connectivity index (χ3n) is 1.87. The van der Waals surface area contributed by atoms with Crippen LogP contribution in [0.5, 0.6) is 0 Å². The molecule has 2 heterocycles. The maximum atomic E-state index is 5.71. The van der Waals surface area contributed by atoms with Crippen LogP contribution < -0.4 is 5.73 Å². The number of hydrogen-bond acceptors (Lipinski definition) is 3. The SMILES string of the molecule is Cc1nc(N)c2ccn(C)c2n1. The minimum absolute atomic E-state index is 0.554. The minimum Gasteiger partial charge on any atom is -0.383 e. The van der Waals surface area contributed by atoms with Gasteiger partial charge in [-0.3, -0.25) is 0 Å². The van der Waals surface area contributed by atoms with E-state index in [1.165, 1.54) is 0 Å². The number of aryl methyl sites for hydroxylation is 2. The molecule has 2 aromatic heterocycles. The molecule has 0 unspecified atom stereocenters. The van der Waals surface area contributed by atoms with E-state index in [1.54, 1.807) is 0 Å². The molecule has 0 saturated carbocycles. The standard InChI is InChI=1S/C8H10N4/c1-5-10-7(9)6-3-4-12(2)8(6)11-5/h3-4H,1-2H3,(H2,9,10,11). The summed E-state index contributed by atoms with van der Waals surface area (Å²) in [5, 5.41) is 0.920. The molecule has 2 N–H and O–H groups in total. The molecule has 0 aliphatic heterocycles. The molecule has 2 aromatic rings. The van der Waals surface area contributed by atoms with Gasteiger partial charge in [-0.25, -0.2) is 9.97 Å². The average molecular weight is 162 g/mol. The monoisotopic (exact) mass is 162 g/mol. The van der Waals surface area contributed by atoms with Crippen LogP contribution in [0.3, 0.4) is 0 Å². The van der Waals surface area contributed by atoms with Gasteiger partial charge in [-0.15, -0.1) is 0 Å². The fraction of sp³-hybridized carbons (Fsp3) is 0.250. The van der Waals surface area contributed by atoms with E-state index < -0.39 is 0 Å². The summed E-state index contributed by atoms with van der Waals surface area (Å²) in [7, 11) is 1.94. The van der Waals surface area contributed by atoms with E-state index in [-0.39, 0.29) is 0 Å². The van der Waals surface area contributed by atoms with Crippen LogP contribution in [-0.2, 0) is 7.05 Å². The van der Waals surface area contributed by atoms with Crippen LogP contribution in [0, 0.1) is 6.92 Å². The van der Waals surface area contributed by atoms with Crippen LogP contribution in [0.25, 0.3) is 11.0 Å². The molecule has 0 aromatic carbocycles. The maximum Gasteiger partial charge on any atom is 0.145 e. The summed E-state index contributed by atoms with van der Waals surface area (Å²) in [6, 6.07) is 1.92. The van der Waals surface area contributed by atoms with Gasteiger partial charge in [-0.05, 0) is 13.0 Å². The lowest BCUT2D eigenvalue weighted by atomic mass is 10.4. The molecule has 0 aliphatic carbocycles. The van der Waals surface area contributed by atoms with Crippen molar-refractivity contribution in [3.8, 4) is 0 Å². The van der Waals surface area contributed by atoms with Gasteiger partial charge in [-0.1, -0.05) is 0 Å². The first-order valence-electron chi connectivity index (χ1n) is 3.73. The molecule has 4 nitrogen and oxygen atoms in total. The number of rotatable bonds is 0. The van der Waals surface area contributed by atoms with Crippen molar-refractivity contribution >= 4 is 16.9 Å². The van der Waals surface area contributed by atoms with Crippen molar-refractivity contribution in [2.45, 2.75) is 6.92 Å². The van der Waals surface area contributed by atoms with Gasteiger partial charge in [0.25, 0.3) is 0 Å². The molecular weight excluding hydrogens is 152 g/mol. The van der Waals surface area contributed by atoms with Crippen LogP contribution in [0.15, 0.2) is 12.3 Å². The zero-order valence-corrected chi connectivity index (χ0v) is 7.07. The second-order valence-corrected chi connectivity index (χ2v) is 2.82. The first-order valence-corrected chi connectivity index (χ1v) is 3.73. The Bertz CT molecular complexity index is 430. The third kappa shape index (κ3) is 0.845. The lowest BCUT2D eigenvalue weighted by Crippen LogP contribution is -1.98. The number of hydrogen-bond donors (Lipinski definition) is 1. The number of fused-ring (bicyclic) bond motifs is 1. The number of nitrogens with zero attached hydrogens (tertiary/aromatic N) is 3. The van der Waals surface area contributed by atoms with Crippen molar-refractivity contribution in [1.82, 2.24) is 14.5 Å². The van der Waals surface area contributed by atoms with Crippen molar-refractivity contribution in [2.75, 3.05) is 5.73 Å². The Morgan fingerprint density at radius 1 is 1.42 bits per heavy atom. The molecule has 0 bridgehead atoms. The first kappa shape index (κ1) is 7.09. The third-order valence-corrected chi connectivity index (χ3v) is 1.87. The highest BCUT2D eigenvalue weighted by atomic mass is 15.0. The van der Waals surface area contributed by atoms with Gasteiger partial charge < -0.3 is 10.3 Å². The smallest absolute Gasteiger partial charge is 0.145 e. The van der Waals surface area contributed by atoms with E-state index in [0.717, 1.165) is 11.0 Å². The quantitative estimate of drug-likeness (QED) is 0.625. The summed E-state index contributed by atoms with van der Waals surface area (Å²) < 4.78 is 1.93. The molecule has 0 saturated heterocycles. The summed E-state index contributed by atoms with van der Waals surface area (Å²) in [5.41, 5.74) is 6.59. The Kier molecular flexibility index (Phi) is 1.30. The largest absolute Gasteiger partial charge is 0.383 e. The molecule has 0 atom stereocenters. The van der Waals surface area contributed by atoms with Crippen LogP contribution in [0.4, 0.5) is 5.82 Å². The van der Waals surface area contributed by atoms with Crippen molar-refractivity contribution < 1.29 is 0 Å². The Hall–Kier alpha value is -1.58. The van der Waals surface area contributed by atoms with Crippen LogP contribution in [0.2, 0.25) is 0 Å². The Balaban J connectivity index is 2.92. The Morgan fingerprint density at radius 3 is 2.92 bits per heavy atom. The van der Waals surface area contributed by atoms with E-state index in [9.17, 15) is 0 Å². The number of aromatic nitrogens is 3. The number of anilines is 1. The van der Waals surface area contributed by atoms with Gasteiger partial charge in [0.2, 0.25) is 0 Å². The van der Waals surface area contributed by atoms with Gasteiger partial charge in [0.15, 0.2) is 0 Å².